The van der Waals surface area contributed by atoms with E-state index in [1.54, 1.807) is 23.5 Å². The van der Waals surface area contributed by atoms with E-state index in [0.717, 1.165) is 22.4 Å². The third-order valence-corrected chi connectivity index (χ3v) is 4.12. The summed E-state index contributed by atoms with van der Waals surface area (Å²) in [5, 5.41) is 9.78. The first-order chi connectivity index (χ1) is 8.65. The fraction of sp³-hybridized carbons (Fsp3) is 0.200. The predicted molar refractivity (Wildman–Crippen MR) is 76.5 cm³/mol. The SMILES string of the molecule is C=C(c1ccc(OC)c(O)c1)c1ccc(CC)s1. The molecule has 2 rings (SSSR count). The van der Waals surface area contributed by atoms with E-state index in [9.17, 15) is 5.11 Å². The molecule has 0 saturated heterocycles. The molecule has 1 heterocycles. The third-order valence-electron chi connectivity index (χ3n) is 2.83. The Labute approximate surface area is 111 Å². The first kappa shape index (κ1) is 12.7. The molecule has 0 spiro atoms. The van der Waals surface area contributed by atoms with Crippen LogP contribution in [0.4, 0.5) is 0 Å². The quantitative estimate of drug-likeness (QED) is 0.897. The Balaban J connectivity index is 2.31. The fourth-order valence-corrected chi connectivity index (χ4v) is 2.69. The van der Waals surface area contributed by atoms with Crippen molar-refractivity contribution in [2.75, 3.05) is 7.11 Å². The highest BCUT2D eigenvalue weighted by Gasteiger charge is 2.08. The minimum atomic E-state index is 0.142. The van der Waals surface area contributed by atoms with Gasteiger partial charge in [-0.25, -0.2) is 0 Å². The Kier molecular flexibility index (Phi) is 3.72. The van der Waals surface area contributed by atoms with Crippen LogP contribution >= 0.6 is 11.3 Å². The first-order valence-electron chi connectivity index (χ1n) is 5.81. The van der Waals surface area contributed by atoms with Gasteiger partial charge in [-0.2, -0.15) is 0 Å². The van der Waals surface area contributed by atoms with Crippen LogP contribution in [0.1, 0.15) is 22.2 Å². The molecule has 0 unspecified atom stereocenters. The van der Waals surface area contributed by atoms with Crippen LogP contribution in [0, 0.1) is 0 Å². The van der Waals surface area contributed by atoms with Gasteiger partial charge in [-0.3, -0.25) is 0 Å². The Morgan fingerprint density at radius 3 is 2.67 bits per heavy atom. The predicted octanol–water partition coefficient (Wildman–Crippen LogP) is 4.09. The van der Waals surface area contributed by atoms with Crippen molar-refractivity contribution >= 4 is 16.9 Å². The van der Waals surface area contributed by atoms with E-state index in [0.29, 0.717) is 5.75 Å². The number of benzene rings is 1. The standard InChI is InChI=1S/C15H16O2S/c1-4-12-6-8-15(18-12)10(2)11-5-7-14(17-3)13(16)9-11/h5-9,16H,2,4H2,1,3H3. The van der Waals surface area contributed by atoms with E-state index >= 15 is 0 Å². The van der Waals surface area contributed by atoms with Crippen LogP contribution in [0.15, 0.2) is 36.9 Å². The molecule has 1 aromatic heterocycles. The minimum Gasteiger partial charge on any atom is -0.504 e. The van der Waals surface area contributed by atoms with Crippen LogP contribution in [0.5, 0.6) is 11.5 Å². The zero-order valence-corrected chi connectivity index (χ0v) is 11.4. The highest BCUT2D eigenvalue weighted by atomic mass is 32.1. The van der Waals surface area contributed by atoms with Crippen LogP contribution in [-0.2, 0) is 6.42 Å². The highest BCUT2D eigenvalue weighted by molar-refractivity contribution is 7.13. The zero-order chi connectivity index (χ0) is 13.1. The van der Waals surface area contributed by atoms with Gasteiger partial charge in [0.15, 0.2) is 11.5 Å². The maximum Gasteiger partial charge on any atom is 0.160 e. The van der Waals surface area contributed by atoms with Crippen molar-refractivity contribution in [1.82, 2.24) is 0 Å². The smallest absolute Gasteiger partial charge is 0.160 e. The molecule has 2 nitrogen and oxygen atoms in total. The van der Waals surface area contributed by atoms with Gasteiger partial charge in [0.05, 0.1) is 7.11 Å². The molecule has 0 fully saturated rings. The van der Waals surface area contributed by atoms with E-state index < -0.39 is 0 Å². The van der Waals surface area contributed by atoms with Gasteiger partial charge in [-0.15, -0.1) is 11.3 Å². The summed E-state index contributed by atoms with van der Waals surface area (Å²) in [7, 11) is 1.54. The summed E-state index contributed by atoms with van der Waals surface area (Å²) < 4.78 is 5.03. The molecule has 0 aliphatic carbocycles. The second-order valence-corrected chi connectivity index (χ2v) is 5.15. The van der Waals surface area contributed by atoms with Crippen LogP contribution < -0.4 is 4.74 Å². The lowest BCUT2D eigenvalue weighted by Crippen LogP contribution is -1.87. The maximum absolute atomic E-state index is 9.78. The Morgan fingerprint density at radius 2 is 2.11 bits per heavy atom. The normalized spacial score (nSPS) is 10.3. The van der Waals surface area contributed by atoms with Gasteiger partial charge in [0.1, 0.15) is 0 Å². The molecular weight excluding hydrogens is 244 g/mol. The number of phenolic OH excluding ortho intramolecular Hbond substituents is 1. The topological polar surface area (TPSA) is 29.5 Å². The van der Waals surface area contributed by atoms with Crippen molar-refractivity contribution in [2.24, 2.45) is 0 Å². The van der Waals surface area contributed by atoms with Gasteiger partial charge in [-0.1, -0.05) is 19.6 Å². The molecule has 0 aliphatic rings. The van der Waals surface area contributed by atoms with E-state index in [-0.39, 0.29) is 5.75 Å². The summed E-state index contributed by atoms with van der Waals surface area (Å²) in [5.41, 5.74) is 1.84. The summed E-state index contributed by atoms with van der Waals surface area (Å²) in [6.45, 7) is 6.23. The zero-order valence-electron chi connectivity index (χ0n) is 10.6. The fourth-order valence-electron chi connectivity index (χ4n) is 1.75. The number of thiophene rings is 1. The van der Waals surface area contributed by atoms with Gasteiger partial charge in [0.25, 0.3) is 0 Å². The summed E-state index contributed by atoms with van der Waals surface area (Å²) in [6.07, 6.45) is 1.03. The molecule has 0 bridgehead atoms. The third kappa shape index (κ3) is 2.41. The van der Waals surface area contributed by atoms with Crippen molar-refractivity contribution < 1.29 is 9.84 Å². The number of aryl methyl sites for hydroxylation is 1. The van der Waals surface area contributed by atoms with Gasteiger partial charge >= 0.3 is 0 Å². The monoisotopic (exact) mass is 260 g/mol. The van der Waals surface area contributed by atoms with Crippen molar-refractivity contribution in [3.05, 3.63) is 52.2 Å². The number of aromatic hydroxyl groups is 1. The van der Waals surface area contributed by atoms with Gasteiger partial charge in [0, 0.05) is 9.75 Å². The molecular formula is C15H16O2S. The van der Waals surface area contributed by atoms with Crippen LogP contribution in [0.3, 0.4) is 0 Å². The van der Waals surface area contributed by atoms with E-state index in [2.05, 4.69) is 25.6 Å². The van der Waals surface area contributed by atoms with E-state index in [4.69, 9.17) is 4.74 Å². The minimum absolute atomic E-state index is 0.142. The second-order valence-electron chi connectivity index (χ2n) is 3.98. The summed E-state index contributed by atoms with van der Waals surface area (Å²) in [6, 6.07) is 9.55. The lowest BCUT2D eigenvalue weighted by Gasteiger charge is -2.07. The van der Waals surface area contributed by atoms with Crippen molar-refractivity contribution in [2.45, 2.75) is 13.3 Å². The number of hydrogen-bond acceptors (Lipinski definition) is 3. The Bertz CT molecular complexity index is 570. The number of rotatable bonds is 4. The average Bonchev–Trinajstić information content (AvgIpc) is 2.86. The van der Waals surface area contributed by atoms with Crippen molar-refractivity contribution in [3.8, 4) is 11.5 Å². The van der Waals surface area contributed by atoms with Crippen LogP contribution in [-0.4, -0.2) is 12.2 Å². The van der Waals surface area contributed by atoms with E-state index in [1.165, 1.54) is 12.0 Å². The highest BCUT2D eigenvalue weighted by Crippen LogP contribution is 2.33. The van der Waals surface area contributed by atoms with Crippen molar-refractivity contribution in [1.29, 1.82) is 0 Å². The van der Waals surface area contributed by atoms with Crippen LogP contribution in [0.2, 0.25) is 0 Å². The number of hydrogen-bond donors (Lipinski definition) is 1. The molecule has 3 heteroatoms. The molecule has 94 valence electrons. The van der Waals surface area contributed by atoms with Crippen molar-refractivity contribution in [3.63, 3.8) is 0 Å². The largest absolute Gasteiger partial charge is 0.504 e. The molecule has 0 saturated carbocycles. The lowest BCUT2D eigenvalue weighted by molar-refractivity contribution is 0.373. The summed E-state index contributed by atoms with van der Waals surface area (Å²) >= 11 is 1.74. The van der Waals surface area contributed by atoms with E-state index in [1.807, 2.05) is 6.07 Å². The number of phenols is 1. The maximum atomic E-state index is 9.78. The molecule has 0 atom stereocenters. The molecule has 0 aliphatic heterocycles. The number of methoxy groups -OCH3 is 1. The molecule has 0 amide bonds. The molecule has 18 heavy (non-hydrogen) atoms. The summed E-state index contributed by atoms with van der Waals surface area (Å²) in [5.74, 6) is 0.621. The lowest BCUT2D eigenvalue weighted by atomic mass is 10.1. The van der Waals surface area contributed by atoms with Gasteiger partial charge < -0.3 is 9.84 Å². The molecule has 1 aromatic carbocycles. The van der Waals surface area contributed by atoms with Crippen LogP contribution in [0.25, 0.3) is 5.57 Å². The molecule has 1 N–H and O–H groups in total. The van der Waals surface area contributed by atoms with Gasteiger partial charge in [0.2, 0.25) is 0 Å². The second kappa shape index (κ2) is 5.27. The molecule has 0 radical (unpaired) electrons. The van der Waals surface area contributed by atoms with Gasteiger partial charge in [-0.05, 0) is 41.8 Å². The number of ether oxygens (including phenoxy) is 1. The summed E-state index contributed by atoms with van der Waals surface area (Å²) in [4.78, 5) is 2.47. The Morgan fingerprint density at radius 1 is 1.33 bits per heavy atom. The first-order valence-corrected chi connectivity index (χ1v) is 6.62. The average molecular weight is 260 g/mol. The Hall–Kier alpha value is -1.74. The molecule has 2 aromatic rings.